The highest BCUT2D eigenvalue weighted by atomic mass is 16.4. The number of carbonyl (C=O) groups excluding carboxylic acids is 1. The molecular weight excluding hydrogens is 230 g/mol. The summed E-state index contributed by atoms with van der Waals surface area (Å²) in [4.78, 5) is 22.6. The van der Waals surface area contributed by atoms with Crippen molar-refractivity contribution in [2.24, 2.45) is 5.92 Å². The minimum Gasteiger partial charge on any atom is -0.480 e. The molecule has 1 rings (SSSR count). The Kier molecular flexibility index (Phi) is 5.36. The maximum Gasteiger partial charge on any atom is 0.322 e. The Morgan fingerprint density at radius 3 is 2.39 bits per heavy atom. The first-order valence-electron chi connectivity index (χ1n) is 6.10. The van der Waals surface area contributed by atoms with E-state index in [0.29, 0.717) is 0 Å². The lowest BCUT2D eigenvalue weighted by Gasteiger charge is -2.22. The Morgan fingerprint density at radius 2 is 1.89 bits per heavy atom. The zero-order valence-corrected chi connectivity index (χ0v) is 10.7. The van der Waals surface area contributed by atoms with Gasteiger partial charge in [0.1, 0.15) is 6.54 Å². The fourth-order valence-corrected chi connectivity index (χ4v) is 1.91. The summed E-state index contributed by atoms with van der Waals surface area (Å²) >= 11 is 0. The Morgan fingerprint density at radius 1 is 1.28 bits per heavy atom. The molecule has 0 bridgehead atoms. The van der Waals surface area contributed by atoms with Gasteiger partial charge in [-0.25, -0.2) is 0 Å². The summed E-state index contributed by atoms with van der Waals surface area (Å²) in [6, 6.07) is 9.46. The average Bonchev–Trinajstić information content (AvgIpc) is 2.37. The van der Waals surface area contributed by atoms with E-state index >= 15 is 0 Å². The van der Waals surface area contributed by atoms with Crippen LogP contribution in [0, 0.1) is 5.92 Å². The molecule has 98 valence electrons. The molecule has 2 atom stereocenters. The van der Waals surface area contributed by atoms with E-state index in [0.717, 1.165) is 12.0 Å². The second-order valence-electron chi connectivity index (χ2n) is 4.39. The van der Waals surface area contributed by atoms with Gasteiger partial charge in [0.2, 0.25) is 5.91 Å². The number of aliphatic carboxylic acids is 1. The molecule has 18 heavy (non-hydrogen) atoms. The number of rotatable bonds is 6. The summed E-state index contributed by atoms with van der Waals surface area (Å²) in [5, 5.41) is 11.1. The first kappa shape index (κ1) is 14.2. The van der Waals surface area contributed by atoms with Crippen LogP contribution < -0.4 is 5.32 Å². The lowest BCUT2D eigenvalue weighted by molar-refractivity contribution is -0.138. The van der Waals surface area contributed by atoms with Crippen LogP contribution in [0.4, 0.5) is 0 Å². The van der Waals surface area contributed by atoms with Gasteiger partial charge in [0.25, 0.3) is 0 Å². The second-order valence-corrected chi connectivity index (χ2v) is 4.39. The third-order valence-electron chi connectivity index (χ3n) is 3.07. The van der Waals surface area contributed by atoms with E-state index in [2.05, 4.69) is 5.32 Å². The van der Waals surface area contributed by atoms with Gasteiger partial charge in [0, 0.05) is 0 Å². The maximum absolute atomic E-state index is 12.1. The molecule has 2 unspecified atom stereocenters. The van der Waals surface area contributed by atoms with E-state index in [1.165, 1.54) is 0 Å². The van der Waals surface area contributed by atoms with Crippen LogP contribution in [-0.2, 0) is 9.59 Å². The number of carboxylic acids is 1. The van der Waals surface area contributed by atoms with Gasteiger partial charge in [0.15, 0.2) is 0 Å². The predicted molar refractivity (Wildman–Crippen MR) is 69.3 cm³/mol. The molecule has 0 heterocycles. The second kappa shape index (κ2) is 6.79. The average molecular weight is 249 g/mol. The highest BCUT2D eigenvalue weighted by Gasteiger charge is 2.25. The number of nitrogens with one attached hydrogen (secondary N) is 1. The lowest BCUT2D eigenvalue weighted by Crippen LogP contribution is -2.35. The molecule has 0 radical (unpaired) electrons. The van der Waals surface area contributed by atoms with Crippen molar-refractivity contribution >= 4 is 11.9 Å². The molecule has 0 aliphatic heterocycles. The van der Waals surface area contributed by atoms with Crippen molar-refractivity contribution in [1.82, 2.24) is 5.32 Å². The Bertz CT molecular complexity index is 403. The van der Waals surface area contributed by atoms with E-state index in [9.17, 15) is 9.59 Å². The Labute approximate surface area is 107 Å². The summed E-state index contributed by atoms with van der Waals surface area (Å²) in [7, 11) is 0. The molecular formula is C14H19NO3. The minimum absolute atomic E-state index is 0.168. The molecule has 0 fully saturated rings. The number of carbonyl (C=O) groups is 2. The predicted octanol–water partition coefficient (Wildman–Crippen LogP) is 2.02. The standard InChI is InChI=1S/C14H19NO3/c1-3-10(2)13(11-7-5-4-6-8-11)14(18)15-9-12(16)17/h4-8,10,13H,3,9H2,1-2H3,(H,15,18)(H,16,17). The van der Waals surface area contributed by atoms with Crippen LogP contribution in [0.25, 0.3) is 0 Å². The first-order valence-corrected chi connectivity index (χ1v) is 6.10. The van der Waals surface area contributed by atoms with Gasteiger partial charge in [-0.2, -0.15) is 0 Å². The van der Waals surface area contributed by atoms with E-state index in [1.54, 1.807) is 0 Å². The molecule has 0 saturated carbocycles. The van der Waals surface area contributed by atoms with E-state index in [-0.39, 0.29) is 24.3 Å². The van der Waals surface area contributed by atoms with Crippen LogP contribution in [-0.4, -0.2) is 23.5 Å². The topological polar surface area (TPSA) is 66.4 Å². The number of carboxylic acid groups (broad SMARTS) is 1. The molecule has 4 heteroatoms. The fraction of sp³-hybridized carbons (Fsp3) is 0.429. The molecule has 0 saturated heterocycles. The molecule has 1 aromatic rings. The summed E-state index contributed by atoms with van der Waals surface area (Å²) in [5.74, 6) is -1.38. The van der Waals surface area contributed by atoms with E-state index < -0.39 is 5.97 Å². The van der Waals surface area contributed by atoms with E-state index in [4.69, 9.17) is 5.11 Å². The van der Waals surface area contributed by atoms with Gasteiger partial charge in [-0.3, -0.25) is 9.59 Å². The van der Waals surface area contributed by atoms with Crippen LogP contribution in [0.3, 0.4) is 0 Å². The minimum atomic E-state index is -1.03. The molecule has 1 amide bonds. The van der Waals surface area contributed by atoms with Crippen molar-refractivity contribution in [1.29, 1.82) is 0 Å². The van der Waals surface area contributed by atoms with Crippen molar-refractivity contribution in [3.8, 4) is 0 Å². The van der Waals surface area contributed by atoms with Crippen LogP contribution in [0.1, 0.15) is 31.7 Å². The highest BCUT2D eigenvalue weighted by molar-refractivity contribution is 5.86. The molecule has 0 aromatic heterocycles. The van der Waals surface area contributed by atoms with Crippen molar-refractivity contribution in [3.63, 3.8) is 0 Å². The molecule has 0 aliphatic rings. The summed E-state index contributed by atoms with van der Waals surface area (Å²) in [5.41, 5.74) is 0.926. The quantitative estimate of drug-likeness (QED) is 0.810. The highest BCUT2D eigenvalue weighted by Crippen LogP contribution is 2.26. The van der Waals surface area contributed by atoms with Gasteiger partial charge in [-0.05, 0) is 11.5 Å². The van der Waals surface area contributed by atoms with Crippen molar-refractivity contribution < 1.29 is 14.7 Å². The van der Waals surface area contributed by atoms with Gasteiger partial charge in [0.05, 0.1) is 5.92 Å². The number of hydrogen-bond acceptors (Lipinski definition) is 2. The third-order valence-corrected chi connectivity index (χ3v) is 3.07. The molecule has 2 N–H and O–H groups in total. The normalized spacial score (nSPS) is 13.7. The zero-order chi connectivity index (χ0) is 13.5. The van der Waals surface area contributed by atoms with Gasteiger partial charge < -0.3 is 10.4 Å². The van der Waals surface area contributed by atoms with Gasteiger partial charge in [-0.15, -0.1) is 0 Å². The SMILES string of the molecule is CCC(C)C(C(=O)NCC(=O)O)c1ccccc1. The molecule has 1 aromatic carbocycles. The monoisotopic (exact) mass is 249 g/mol. The summed E-state index contributed by atoms with van der Waals surface area (Å²) < 4.78 is 0. The van der Waals surface area contributed by atoms with Crippen molar-refractivity contribution in [3.05, 3.63) is 35.9 Å². The molecule has 0 aliphatic carbocycles. The van der Waals surface area contributed by atoms with Crippen LogP contribution >= 0.6 is 0 Å². The largest absolute Gasteiger partial charge is 0.480 e. The first-order chi connectivity index (χ1) is 8.56. The van der Waals surface area contributed by atoms with Crippen LogP contribution in [0.5, 0.6) is 0 Å². The number of benzene rings is 1. The Balaban J connectivity index is 2.85. The van der Waals surface area contributed by atoms with Gasteiger partial charge in [-0.1, -0.05) is 50.6 Å². The fourth-order valence-electron chi connectivity index (χ4n) is 1.91. The molecule has 0 spiro atoms. The zero-order valence-electron chi connectivity index (χ0n) is 10.7. The summed E-state index contributed by atoms with van der Waals surface area (Å²) in [6.07, 6.45) is 0.861. The van der Waals surface area contributed by atoms with Crippen LogP contribution in [0.15, 0.2) is 30.3 Å². The van der Waals surface area contributed by atoms with Crippen molar-refractivity contribution in [2.45, 2.75) is 26.2 Å². The lowest BCUT2D eigenvalue weighted by atomic mass is 9.85. The Hall–Kier alpha value is -1.84. The maximum atomic E-state index is 12.1. The number of hydrogen-bond donors (Lipinski definition) is 2. The van der Waals surface area contributed by atoms with Crippen molar-refractivity contribution in [2.75, 3.05) is 6.54 Å². The summed E-state index contributed by atoms with van der Waals surface area (Å²) in [6.45, 7) is 3.68. The van der Waals surface area contributed by atoms with Crippen LogP contribution in [0.2, 0.25) is 0 Å². The van der Waals surface area contributed by atoms with Gasteiger partial charge >= 0.3 is 5.97 Å². The smallest absolute Gasteiger partial charge is 0.322 e. The number of amides is 1. The van der Waals surface area contributed by atoms with E-state index in [1.807, 2.05) is 44.2 Å². The third kappa shape index (κ3) is 3.87. The molecule has 4 nitrogen and oxygen atoms in total.